The summed E-state index contributed by atoms with van der Waals surface area (Å²) in [6, 6.07) is 11.6. The van der Waals surface area contributed by atoms with Gasteiger partial charge in [0.05, 0.1) is 27.9 Å². The number of nitro groups is 2. The fourth-order valence-corrected chi connectivity index (χ4v) is 4.42. The molecule has 0 N–H and O–H groups in total. The third-order valence-electron chi connectivity index (χ3n) is 4.42. The van der Waals surface area contributed by atoms with Crippen molar-refractivity contribution in [2.45, 2.75) is 29.4 Å². The van der Waals surface area contributed by atoms with E-state index in [1.165, 1.54) is 23.9 Å². The van der Waals surface area contributed by atoms with E-state index in [0.717, 1.165) is 42.2 Å². The van der Waals surface area contributed by atoms with Gasteiger partial charge in [0.25, 0.3) is 11.4 Å². The van der Waals surface area contributed by atoms with Crippen LogP contribution in [0, 0.1) is 20.2 Å². The maximum absolute atomic E-state index is 11.4. The van der Waals surface area contributed by atoms with E-state index in [2.05, 4.69) is 6.08 Å². The van der Waals surface area contributed by atoms with Gasteiger partial charge in [-0.1, -0.05) is 18.2 Å². The fourth-order valence-electron chi connectivity index (χ4n) is 3.07. The molecule has 0 radical (unpaired) electrons. The highest BCUT2D eigenvalue weighted by Crippen LogP contribution is 2.43. The molecule has 0 amide bonds. The highest BCUT2D eigenvalue weighted by atomic mass is 32.2. The highest BCUT2D eigenvalue weighted by molar-refractivity contribution is 8.00. The minimum Gasteiger partial charge on any atom is -0.497 e. The van der Waals surface area contributed by atoms with E-state index >= 15 is 0 Å². The van der Waals surface area contributed by atoms with Crippen molar-refractivity contribution in [1.82, 2.24) is 0 Å². The first-order valence-corrected chi connectivity index (χ1v) is 9.31. The molecule has 0 bridgehead atoms. The molecule has 3 rings (SSSR count). The molecule has 0 fully saturated rings. The molecular formula is C19H18N2O5S. The van der Waals surface area contributed by atoms with Crippen molar-refractivity contribution in [1.29, 1.82) is 0 Å². The standard InChI is InChI=1S/C19H18N2O5S/c1-26-15-9-6-13(7-10-15)16-4-2-3-5-18(16)27-19-11-8-14(20(22)23)12-17(19)21(24)25/h4,6-12,18H,2-3,5H2,1H3. The van der Waals surface area contributed by atoms with E-state index in [4.69, 9.17) is 4.74 Å². The second-order valence-corrected chi connectivity index (χ2v) is 7.34. The number of benzene rings is 2. The summed E-state index contributed by atoms with van der Waals surface area (Å²) < 4.78 is 5.20. The number of ether oxygens (including phenoxy) is 1. The van der Waals surface area contributed by atoms with Crippen molar-refractivity contribution in [2.24, 2.45) is 0 Å². The second kappa shape index (κ2) is 8.22. The lowest BCUT2D eigenvalue weighted by molar-refractivity contribution is -0.396. The van der Waals surface area contributed by atoms with Gasteiger partial charge in [-0.25, -0.2) is 0 Å². The minimum atomic E-state index is -0.620. The summed E-state index contributed by atoms with van der Waals surface area (Å²) in [5.74, 6) is 0.769. The number of hydrogen-bond donors (Lipinski definition) is 0. The van der Waals surface area contributed by atoms with Crippen molar-refractivity contribution in [3.63, 3.8) is 0 Å². The van der Waals surface area contributed by atoms with Crippen LogP contribution in [0.15, 0.2) is 53.4 Å². The Morgan fingerprint density at radius 2 is 1.81 bits per heavy atom. The molecule has 0 aliphatic heterocycles. The van der Waals surface area contributed by atoms with Gasteiger partial charge in [0.2, 0.25) is 0 Å². The summed E-state index contributed by atoms with van der Waals surface area (Å²) in [5, 5.41) is 22.4. The van der Waals surface area contributed by atoms with E-state index in [1.54, 1.807) is 7.11 Å². The Kier molecular flexibility index (Phi) is 5.75. The van der Waals surface area contributed by atoms with Crippen LogP contribution in [0.25, 0.3) is 5.57 Å². The van der Waals surface area contributed by atoms with Crippen LogP contribution in [-0.4, -0.2) is 22.2 Å². The van der Waals surface area contributed by atoms with Gasteiger partial charge in [-0.3, -0.25) is 20.2 Å². The van der Waals surface area contributed by atoms with Crippen molar-refractivity contribution in [3.05, 3.63) is 74.3 Å². The van der Waals surface area contributed by atoms with Crippen LogP contribution >= 0.6 is 11.8 Å². The summed E-state index contributed by atoms with van der Waals surface area (Å²) in [5.41, 5.74) is 1.67. The fraction of sp³-hybridized carbons (Fsp3) is 0.263. The molecule has 0 heterocycles. The van der Waals surface area contributed by atoms with Crippen LogP contribution in [0.1, 0.15) is 24.8 Å². The Bertz CT molecular complexity index is 895. The number of hydrogen-bond acceptors (Lipinski definition) is 6. The van der Waals surface area contributed by atoms with Gasteiger partial charge in [-0.2, -0.15) is 0 Å². The number of non-ortho nitro benzene ring substituents is 1. The Morgan fingerprint density at radius 3 is 2.44 bits per heavy atom. The Labute approximate surface area is 160 Å². The van der Waals surface area contributed by atoms with Gasteiger partial charge >= 0.3 is 0 Å². The van der Waals surface area contributed by atoms with E-state index in [9.17, 15) is 20.2 Å². The molecule has 27 heavy (non-hydrogen) atoms. The molecule has 2 aromatic rings. The van der Waals surface area contributed by atoms with Crippen LogP contribution in [-0.2, 0) is 0 Å². The average Bonchev–Trinajstić information content (AvgIpc) is 2.68. The summed E-state index contributed by atoms with van der Waals surface area (Å²) in [6.45, 7) is 0. The Morgan fingerprint density at radius 1 is 1.07 bits per heavy atom. The zero-order valence-electron chi connectivity index (χ0n) is 14.7. The molecule has 1 aliphatic rings. The zero-order valence-corrected chi connectivity index (χ0v) is 15.5. The van der Waals surface area contributed by atoms with Crippen LogP contribution in [0.2, 0.25) is 0 Å². The summed E-state index contributed by atoms with van der Waals surface area (Å²) >= 11 is 1.39. The molecular weight excluding hydrogens is 368 g/mol. The smallest absolute Gasteiger partial charge is 0.289 e. The first-order chi connectivity index (χ1) is 13.0. The van der Waals surface area contributed by atoms with Crippen molar-refractivity contribution in [3.8, 4) is 5.75 Å². The van der Waals surface area contributed by atoms with Gasteiger partial charge < -0.3 is 4.74 Å². The maximum Gasteiger partial charge on any atom is 0.289 e. The zero-order chi connectivity index (χ0) is 19.4. The molecule has 1 atom stereocenters. The normalized spacial score (nSPS) is 16.5. The summed E-state index contributed by atoms with van der Waals surface area (Å²) in [7, 11) is 1.61. The van der Waals surface area contributed by atoms with Gasteiger partial charge in [0.15, 0.2) is 0 Å². The van der Waals surface area contributed by atoms with Crippen molar-refractivity contribution >= 4 is 28.7 Å². The molecule has 2 aromatic carbocycles. The Hall–Kier alpha value is -2.87. The molecule has 140 valence electrons. The first kappa shape index (κ1) is 18.9. The third kappa shape index (κ3) is 4.28. The first-order valence-electron chi connectivity index (χ1n) is 8.43. The molecule has 7 nitrogen and oxygen atoms in total. The van der Waals surface area contributed by atoms with Crippen molar-refractivity contribution in [2.75, 3.05) is 7.11 Å². The lowest BCUT2D eigenvalue weighted by Gasteiger charge is -2.24. The van der Waals surface area contributed by atoms with Crippen LogP contribution in [0.3, 0.4) is 0 Å². The molecule has 0 aromatic heterocycles. The predicted molar refractivity (Wildman–Crippen MR) is 104 cm³/mol. The second-order valence-electron chi connectivity index (χ2n) is 6.09. The topological polar surface area (TPSA) is 95.5 Å². The molecule has 1 aliphatic carbocycles. The lowest BCUT2D eigenvalue weighted by Crippen LogP contribution is -2.10. The largest absolute Gasteiger partial charge is 0.497 e. The molecule has 0 spiro atoms. The van der Waals surface area contributed by atoms with Crippen LogP contribution in [0.4, 0.5) is 11.4 Å². The monoisotopic (exact) mass is 386 g/mol. The van der Waals surface area contributed by atoms with Crippen molar-refractivity contribution < 1.29 is 14.6 Å². The average molecular weight is 386 g/mol. The minimum absolute atomic E-state index is 0.0484. The molecule has 1 unspecified atom stereocenters. The van der Waals surface area contributed by atoms with E-state index in [0.29, 0.717) is 4.90 Å². The number of rotatable bonds is 6. The van der Waals surface area contributed by atoms with E-state index in [1.807, 2.05) is 24.3 Å². The van der Waals surface area contributed by atoms with E-state index in [-0.39, 0.29) is 16.6 Å². The SMILES string of the molecule is COc1ccc(C2=CCCCC2Sc2ccc([N+](=O)[O-])cc2[N+](=O)[O-])cc1. The highest BCUT2D eigenvalue weighted by Gasteiger charge is 2.26. The van der Waals surface area contributed by atoms with E-state index < -0.39 is 9.85 Å². The van der Waals surface area contributed by atoms with Crippen LogP contribution in [0.5, 0.6) is 5.75 Å². The van der Waals surface area contributed by atoms with Gasteiger partial charge in [-0.15, -0.1) is 11.8 Å². The third-order valence-corrected chi connectivity index (χ3v) is 5.80. The molecule has 8 heteroatoms. The van der Waals surface area contributed by atoms with Gasteiger partial charge in [0, 0.05) is 11.3 Å². The maximum atomic E-state index is 11.4. The number of methoxy groups -OCH3 is 1. The quantitative estimate of drug-likeness (QED) is 0.497. The Balaban J connectivity index is 1.91. The number of nitrogens with zero attached hydrogens (tertiary/aromatic N) is 2. The summed E-state index contributed by atoms with van der Waals surface area (Å²) in [6.07, 6.45) is 5.01. The van der Waals surface area contributed by atoms with Gasteiger partial charge in [0.1, 0.15) is 5.75 Å². The molecule has 0 saturated carbocycles. The number of thioether (sulfide) groups is 1. The summed E-state index contributed by atoms with van der Waals surface area (Å²) in [4.78, 5) is 21.6. The van der Waals surface area contributed by atoms with Gasteiger partial charge in [-0.05, 0) is 48.6 Å². The van der Waals surface area contributed by atoms with Crippen LogP contribution < -0.4 is 4.74 Å². The predicted octanol–water partition coefficient (Wildman–Crippen LogP) is 5.24. The number of nitro benzene ring substituents is 2. The lowest BCUT2D eigenvalue weighted by atomic mass is 9.93. The number of allylic oxidation sites excluding steroid dienone is 1. The molecule has 0 saturated heterocycles.